The molecular weight excluding hydrogens is 278 g/mol. The zero-order valence-corrected chi connectivity index (χ0v) is 10.2. The second-order valence-electron chi connectivity index (χ2n) is 3.49. The highest BCUT2D eigenvalue weighted by molar-refractivity contribution is 9.11. The largest absolute Gasteiger partial charge is 0.332 e. The van der Waals surface area contributed by atoms with Crippen LogP contribution in [0.3, 0.4) is 0 Å². The molecule has 0 spiro atoms. The maximum Gasteiger partial charge on any atom is 0.272 e. The Kier molecular flexibility index (Phi) is 2.76. The summed E-state index contributed by atoms with van der Waals surface area (Å²) in [5.41, 5.74) is -0.277. The topological polar surface area (TPSA) is 65.8 Å². The molecule has 1 aliphatic carbocycles. The van der Waals surface area contributed by atoms with Crippen molar-refractivity contribution in [2.45, 2.75) is 24.8 Å². The Morgan fingerprint density at radius 1 is 1.73 bits per heavy atom. The highest BCUT2D eigenvalue weighted by Crippen LogP contribution is 2.31. The molecule has 1 aliphatic rings. The maximum absolute atomic E-state index is 11.7. The monoisotopic (exact) mass is 285 g/mol. The molecular formula is C9H8BrN3OS. The van der Waals surface area contributed by atoms with Crippen LogP contribution in [-0.2, 0) is 0 Å². The van der Waals surface area contributed by atoms with E-state index >= 15 is 0 Å². The van der Waals surface area contributed by atoms with Gasteiger partial charge < -0.3 is 5.32 Å². The zero-order valence-electron chi connectivity index (χ0n) is 7.79. The van der Waals surface area contributed by atoms with Gasteiger partial charge in [-0.15, -0.1) is 11.3 Å². The van der Waals surface area contributed by atoms with E-state index in [2.05, 4.69) is 32.3 Å². The third kappa shape index (κ3) is 2.03. The average molecular weight is 286 g/mol. The van der Waals surface area contributed by atoms with Crippen LogP contribution in [-0.4, -0.2) is 16.4 Å². The first kappa shape index (κ1) is 10.6. The van der Waals surface area contributed by atoms with Crippen molar-refractivity contribution in [3.8, 4) is 6.07 Å². The minimum Gasteiger partial charge on any atom is -0.332 e. The van der Waals surface area contributed by atoms with Gasteiger partial charge in [-0.3, -0.25) is 4.79 Å². The van der Waals surface area contributed by atoms with Gasteiger partial charge in [0, 0.05) is 5.38 Å². The molecule has 0 aliphatic heterocycles. The van der Waals surface area contributed by atoms with Crippen LogP contribution in [0.25, 0.3) is 0 Å². The first-order valence-corrected chi connectivity index (χ1v) is 6.17. The van der Waals surface area contributed by atoms with Crippen molar-refractivity contribution < 1.29 is 4.79 Å². The number of thiazole rings is 1. The zero-order chi connectivity index (χ0) is 10.9. The normalized spacial score (nSPS) is 17.6. The SMILES string of the molecule is N#CC1(NC(=O)c2csc(Br)n2)CCC1. The number of hydrogen-bond donors (Lipinski definition) is 1. The average Bonchev–Trinajstić information content (AvgIpc) is 2.58. The Labute approximate surface area is 99.4 Å². The van der Waals surface area contributed by atoms with Crippen molar-refractivity contribution in [1.82, 2.24) is 10.3 Å². The molecule has 1 aromatic heterocycles. The maximum atomic E-state index is 11.7. The van der Waals surface area contributed by atoms with Crippen molar-refractivity contribution in [2.24, 2.45) is 0 Å². The molecule has 1 aromatic rings. The number of amides is 1. The standard InChI is InChI=1S/C9H8BrN3OS/c10-8-12-6(4-15-8)7(14)13-9(5-11)2-1-3-9/h4H,1-3H2,(H,13,14). The Hall–Kier alpha value is -0.930. The molecule has 2 rings (SSSR count). The van der Waals surface area contributed by atoms with E-state index in [1.807, 2.05) is 0 Å². The number of rotatable bonds is 2. The molecule has 1 fully saturated rings. The van der Waals surface area contributed by atoms with Crippen LogP contribution in [0.5, 0.6) is 0 Å². The van der Waals surface area contributed by atoms with Gasteiger partial charge >= 0.3 is 0 Å². The molecule has 1 saturated carbocycles. The molecule has 4 nitrogen and oxygen atoms in total. The van der Waals surface area contributed by atoms with E-state index < -0.39 is 5.54 Å². The molecule has 78 valence electrons. The van der Waals surface area contributed by atoms with Crippen molar-refractivity contribution in [3.63, 3.8) is 0 Å². The number of hydrogen-bond acceptors (Lipinski definition) is 4. The summed E-state index contributed by atoms with van der Waals surface area (Å²) >= 11 is 4.54. The molecule has 0 bridgehead atoms. The third-order valence-corrected chi connectivity index (χ3v) is 3.85. The molecule has 15 heavy (non-hydrogen) atoms. The quantitative estimate of drug-likeness (QED) is 0.905. The highest BCUT2D eigenvalue weighted by Gasteiger charge is 2.39. The summed E-state index contributed by atoms with van der Waals surface area (Å²) in [5, 5.41) is 13.3. The Balaban J connectivity index is 2.07. The van der Waals surface area contributed by atoms with Gasteiger partial charge in [-0.05, 0) is 35.2 Å². The van der Waals surface area contributed by atoms with E-state index in [9.17, 15) is 4.79 Å². The Bertz CT molecular complexity index is 433. The number of halogens is 1. The highest BCUT2D eigenvalue weighted by atomic mass is 79.9. The van der Waals surface area contributed by atoms with E-state index in [1.54, 1.807) is 5.38 Å². The number of nitrogens with one attached hydrogen (secondary N) is 1. The lowest BCUT2D eigenvalue weighted by molar-refractivity contribution is 0.0877. The third-order valence-electron chi connectivity index (χ3n) is 2.48. The number of carbonyl (C=O) groups excluding carboxylic acids is 1. The van der Waals surface area contributed by atoms with E-state index in [0.29, 0.717) is 9.61 Å². The van der Waals surface area contributed by atoms with Gasteiger partial charge in [-0.2, -0.15) is 5.26 Å². The van der Waals surface area contributed by atoms with Crippen LogP contribution in [0.2, 0.25) is 0 Å². The van der Waals surface area contributed by atoms with Gasteiger partial charge in [0.05, 0.1) is 6.07 Å². The van der Waals surface area contributed by atoms with E-state index in [0.717, 1.165) is 19.3 Å². The fraction of sp³-hybridized carbons (Fsp3) is 0.444. The van der Waals surface area contributed by atoms with E-state index in [1.165, 1.54) is 11.3 Å². The van der Waals surface area contributed by atoms with Gasteiger partial charge in [0.1, 0.15) is 11.2 Å². The van der Waals surface area contributed by atoms with Crippen LogP contribution in [0.1, 0.15) is 29.8 Å². The summed E-state index contributed by atoms with van der Waals surface area (Å²) in [5.74, 6) is -0.266. The van der Waals surface area contributed by atoms with Crippen LogP contribution in [0.4, 0.5) is 0 Å². The summed E-state index contributed by atoms with van der Waals surface area (Å²) in [7, 11) is 0. The Morgan fingerprint density at radius 2 is 2.47 bits per heavy atom. The van der Waals surface area contributed by atoms with Crippen LogP contribution in [0, 0.1) is 11.3 Å². The number of nitrogens with zero attached hydrogens (tertiary/aromatic N) is 2. The molecule has 0 atom stereocenters. The summed E-state index contributed by atoms with van der Waals surface area (Å²) in [4.78, 5) is 15.7. The first-order valence-electron chi connectivity index (χ1n) is 4.50. The summed E-state index contributed by atoms with van der Waals surface area (Å²) < 4.78 is 0.673. The summed E-state index contributed by atoms with van der Waals surface area (Å²) in [6, 6.07) is 2.15. The molecule has 1 N–H and O–H groups in total. The van der Waals surface area contributed by atoms with Crippen molar-refractivity contribution in [1.29, 1.82) is 5.26 Å². The number of nitriles is 1. The minimum absolute atomic E-state index is 0.266. The number of aromatic nitrogens is 1. The van der Waals surface area contributed by atoms with Gasteiger partial charge in [-0.1, -0.05) is 0 Å². The van der Waals surface area contributed by atoms with Crippen molar-refractivity contribution >= 4 is 33.2 Å². The van der Waals surface area contributed by atoms with Gasteiger partial charge in [0.25, 0.3) is 5.91 Å². The smallest absolute Gasteiger partial charge is 0.272 e. The summed E-state index contributed by atoms with van der Waals surface area (Å²) in [6.45, 7) is 0. The fourth-order valence-corrected chi connectivity index (χ4v) is 2.42. The van der Waals surface area contributed by atoms with Gasteiger partial charge in [-0.25, -0.2) is 4.98 Å². The molecule has 6 heteroatoms. The molecule has 0 radical (unpaired) electrons. The predicted molar refractivity (Wildman–Crippen MR) is 59.5 cm³/mol. The molecule has 1 heterocycles. The van der Waals surface area contributed by atoms with E-state index in [4.69, 9.17) is 5.26 Å². The molecule has 0 aromatic carbocycles. The molecule has 0 unspecified atom stereocenters. The van der Waals surface area contributed by atoms with Crippen molar-refractivity contribution in [2.75, 3.05) is 0 Å². The second-order valence-corrected chi connectivity index (χ2v) is 5.62. The Morgan fingerprint density at radius 3 is 2.87 bits per heavy atom. The second kappa shape index (κ2) is 3.91. The first-order chi connectivity index (χ1) is 7.15. The fourth-order valence-electron chi connectivity index (χ4n) is 1.43. The lowest BCUT2D eigenvalue weighted by Crippen LogP contribution is -2.52. The van der Waals surface area contributed by atoms with Gasteiger partial charge in [0.2, 0.25) is 0 Å². The lowest BCUT2D eigenvalue weighted by Gasteiger charge is -2.35. The van der Waals surface area contributed by atoms with E-state index in [-0.39, 0.29) is 5.91 Å². The van der Waals surface area contributed by atoms with Gasteiger partial charge in [0.15, 0.2) is 3.92 Å². The molecule has 0 saturated heterocycles. The van der Waals surface area contributed by atoms with Crippen LogP contribution >= 0.6 is 27.3 Å². The lowest BCUT2D eigenvalue weighted by atomic mass is 9.78. The predicted octanol–water partition coefficient (Wildman–Crippen LogP) is 2.08. The minimum atomic E-state index is -0.646. The molecule has 1 amide bonds. The van der Waals surface area contributed by atoms with Crippen LogP contribution in [0.15, 0.2) is 9.30 Å². The van der Waals surface area contributed by atoms with Crippen LogP contribution < -0.4 is 5.32 Å². The number of carbonyl (C=O) groups is 1. The van der Waals surface area contributed by atoms with Crippen molar-refractivity contribution in [3.05, 3.63) is 15.0 Å². The summed E-state index contributed by atoms with van der Waals surface area (Å²) in [6.07, 6.45) is 2.47.